The number of benzene rings is 1. The lowest BCUT2D eigenvalue weighted by atomic mass is 9.99. The molecule has 0 saturated carbocycles. The van der Waals surface area contributed by atoms with Crippen molar-refractivity contribution in [3.8, 4) is 0 Å². The zero-order valence-electron chi connectivity index (χ0n) is 13.0. The normalized spacial score (nSPS) is 20.2. The number of nitrogens with one attached hydrogen (secondary N) is 1. The van der Waals surface area contributed by atoms with E-state index in [0.717, 1.165) is 25.1 Å². The highest BCUT2D eigenvalue weighted by Gasteiger charge is 2.31. The average molecular weight is 278 g/mol. The van der Waals surface area contributed by atoms with Crippen molar-refractivity contribution >= 4 is 0 Å². The molecular weight excluding hydrogens is 251 g/mol. The third kappa shape index (κ3) is 3.58. The van der Waals surface area contributed by atoms with E-state index in [1.807, 2.05) is 12.1 Å². The first-order valence-electron chi connectivity index (χ1n) is 7.77. The first kappa shape index (κ1) is 15.5. The Morgan fingerprint density at radius 3 is 2.70 bits per heavy atom. The Bertz CT molecular complexity index is 431. The molecule has 1 aromatic carbocycles. The van der Waals surface area contributed by atoms with E-state index < -0.39 is 0 Å². The van der Waals surface area contributed by atoms with Crippen LogP contribution < -0.4 is 5.32 Å². The van der Waals surface area contributed by atoms with Crippen molar-refractivity contribution in [2.45, 2.75) is 51.6 Å². The fourth-order valence-corrected chi connectivity index (χ4v) is 3.23. The molecule has 1 saturated heterocycles. The van der Waals surface area contributed by atoms with Gasteiger partial charge in [-0.25, -0.2) is 4.39 Å². The molecule has 0 bridgehead atoms. The van der Waals surface area contributed by atoms with E-state index in [4.69, 9.17) is 0 Å². The Morgan fingerprint density at radius 1 is 1.35 bits per heavy atom. The number of rotatable bonds is 6. The van der Waals surface area contributed by atoms with Gasteiger partial charge in [0.1, 0.15) is 5.82 Å². The van der Waals surface area contributed by atoms with Crippen molar-refractivity contribution in [3.63, 3.8) is 0 Å². The van der Waals surface area contributed by atoms with Gasteiger partial charge in [0.2, 0.25) is 0 Å². The van der Waals surface area contributed by atoms with E-state index in [-0.39, 0.29) is 11.9 Å². The number of hydrogen-bond acceptors (Lipinski definition) is 2. The fraction of sp³-hybridized carbons (Fsp3) is 0.647. The predicted octanol–water partition coefficient (Wildman–Crippen LogP) is 3.74. The highest BCUT2D eigenvalue weighted by molar-refractivity contribution is 5.21. The van der Waals surface area contributed by atoms with E-state index in [2.05, 4.69) is 31.0 Å². The molecule has 2 rings (SSSR count). The molecule has 3 heteroatoms. The summed E-state index contributed by atoms with van der Waals surface area (Å²) in [5.74, 6) is -0.0980. The minimum absolute atomic E-state index is 0.0980. The lowest BCUT2D eigenvalue weighted by Crippen LogP contribution is -2.40. The van der Waals surface area contributed by atoms with Gasteiger partial charge < -0.3 is 5.32 Å². The number of likely N-dealkylation sites (tertiary alicyclic amines) is 1. The van der Waals surface area contributed by atoms with Crippen LogP contribution in [-0.4, -0.2) is 30.1 Å². The molecule has 1 unspecified atom stereocenters. The maximum absolute atomic E-state index is 14.0. The van der Waals surface area contributed by atoms with Gasteiger partial charge in [0.25, 0.3) is 0 Å². The van der Waals surface area contributed by atoms with Crippen LogP contribution in [0.5, 0.6) is 0 Å². The summed E-state index contributed by atoms with van der Waals surface area (Å²) in [7, 11) is 0. The van der Waals surface area contributed by atoms with Gasteiger partial charge in [-0.1, -0.05) is 25.1 Å². The van der Waals surface area contributed by atoms with E-state index in [1.54, 1.807) is 12.1 Å². The molecule has 1 aromatic rings. The summed E-state index contributed by atoms with van der Waals surface area (Å²) in [5.41, 5.74) is 1.10. The molecule has 1 aliphatic heterocycles. The van der Waals surface area contributed by atoms with Gasteiger partial charge >= 0.3 is 0 Å². The highest BCUT2D eigenvalue weighted by atomic mass is 19.1. The summed E-state index contributed by atoms with van der Waals surface area (Å²) in [5, 5.41) is 3.42. The molecule has 1 N–H and O–H groups in total. The van der Waals surface area contributed by atoms with Crippen LogP contribution in [0.4, 0.5) is 4.39 Å². The van der Waals surface area contributed by atoms with Gasteiger partial charge in [0, 0.05) is 23.7 Å². The van der Waals surface area contributed by atoms with Gasteiger partial charge in [-0.15, -0.1) is 0 Å². The zero-order chi connectivity index (χ0) is 14.6. The van der Waals surface area contributed by atoms with Crippen molar-refractivity contribution in [1.29, 1.82) is 0 Å². The lowest BCUT2D eigenvalue weighted by Gasteiger charge is -2.33. The van der Waals surface area contributed by atoms with Crippen molar-refractivity contribution in [2.75, 3.05) is 19.6 Å². The van der Waals surface area contributed by atoms with Crippen LogP contribution in [0.3, 0.4) is 0 Å². The molecule has 1 fully saturated rings. The summed E-state index contributed by atoms with van der Waals surface area (Å²) >= 11 is 0. The first-order chi connectivity index (χ1) is 9.54. The summed E-state index contributed by atoms with van der Waals surface area (Å²) in [4.78, 5) is 2.54. The Morgan fingerprint density at radius 2 is 2.10 bits per heavy atom. The van der Waals surface area contributed by atoms with Crippen LogP contribution in [0.2, 0.25) is 0 Å². The Balaban J connectivity index is 2.01. The second-order valence-corrected chi connectivity index (χ2v) is 6.32. The van der Waals surface area contributed by atoms with Crippen molar-refractivity contribution in [2.24, 2.45) is 0 Å². The van der Waals surface area contributed by atoms with Crippen LogP contribution >= 0.6 is 0 Å². The van der Waals surface area contributed by atoms with Crippen LogP contribution in [0, 0.1) is 5.82 Å². The standard InChI is InChI=1S/C17H27FN2/c1-4-19-16(14-8-5-6-9-15(14)18)10-13-20-12-7-11-17(20,2)3/h5-6,8-9,16,19H,4,7,10-13H2,1-3H3. The topological polar surface area (TPSA) is 15.3 Å². The molecule has 0 amide bonds. The molecule has 20 heavy (non-hydrogen) atoms. The minimum Gasteiger partial charge on any atom is -0.310 e. The van der Waals surface area contributed by atoms with Gasteiger partial charge in [-0.05, 0) is 52.3 Å². The number of nitrogens with zero attached hydrogens (tertiary/aromatic N) is 1. The molecule has 0 aromatic heterocycles. The average Bonchev–Trinajstić information content (AvgIpc) is 2.74. The first-order valence-corrected chi connectivity index (χ1v) is 7.77. The maximum Gasteiger partial charge on any atom is 0.127 e. The van der Waals surface area contributed by atoms with Crippen LogP contribution in [-0.2, 0) is 0 Å². The molecule has 1 aliphatic rings. The number of halogens is 1. The van der Waals surface area contributed by atoms with Crippen LogP contribution in [0.15, 0.2) is 24.3 Å². The summed E-state index contributed by atoms with van der Waals surface area (Å²) < 4.78 is 14.0. The third-order valence-electron chi connectivity index (χ3n) is 4.49. The Labute approximate surface area is 122 Å². The molecule has 2 nitrogen and oxygen atoms in total. The zero-order valence-corrected chi connectivity index (χ0v) is 13.0. The van der Waals surface area contributed by atoms with E-state index >= 15 is 0 Å². The second-order valence-electron chi connectivity index (χ2n) is 6.32. The van der Waals surface area contributed by atoms with Gasteiger partial charge in [0.05, 0.1) is 0 Å². The third-order valence-corrected chi connectivity index (χ3v) is 4.49. The lowest BCUT2D eigenvalue weighted by molar-refractivity contribution is 0.166. The maximum atomic E-state index is 14.0. The van der Waals surface area contributed by atoms with Crippen molar-refractivity contribution in [1.82, 2.24) is 10.2 Å². The molecule has 1 atom stereocenters. The summed E-state index contributed by atoms with van der Waals surface area (Å²) in [6.07, 6.45) is 3.50. The SMILES string of the molecule is CCNC(CCN1CCCC1(C)C)c1ccccc1F. The predicted molar refractivity (Wildman–Crippen MR) is 82.3 cm³/mol. The van der Waals surface area contributed by atoms with E-state index in [1.165, 1.54) is 19.4 Å². The largest absolute Gasteiger partial charge is 0.310 e. The summed E-state index contributed by atoms with van der Waals surface area (Å²) in [6.45, 7) is 9.76. The van der Waals surface area contributed by atoms with Crippen LogP contribution in [0.1, 0.15) is 51.6 Å². The van der Waals surface area contributed by atoms with Gasteiger partial charge in [-0.3, -0.25) is 4.90 Å². The molecular formula is C17H27FN2. The van der Waals surface area contributed by atoms with E-state index in [9.17, 15) is 4.39 Å². The molecule has 112 valence electrons. The second kappa shape index (κ2) is 6.68. The minimum atomic E-state index is -0.0980. The smallest absolute Gasteiger partial charge is 0.127 e. The van der Waals surface area contributed by atoms with Crippen LogP contribution in [0.25, 0.3) is 0 Å². The van der Waals surface area contributed by atoms with Crippen molar-refractivity contribution in [3.05, 3.63) is 35.6 Å². The molecule has 0 spiro atoms. The fourth-order valence-electron chi connectivity index (χ4n) is 3.23. The highest BCUT2D eigenvalue weighted by Crippen LogP contribution is 2.29. The molecule has 0 aliphatic carbocycles. The van der Waals surface area contributed by atoms with Gasteiger partial charge in [-0.2, -0.15) is 0 Å². The molecule has 1 heterocycles. The van der Waals surface area contributed by atoms with Crippen molar-refractivity contribution < 1.29 is 4.39 Å². The van der Waals surface area contributed by atoms with Gasteiger partial charge in [0.15, 0.2) is 0 Å². The van der Waals surface area contributed by atoms with E-state index in [0.29, 0.717) is 5.54 Å². The Hall–Kier alpha value is -0.930. The molecule has 0 radical (unpaired) electrons. The number of hydrogen-bond donors (Lipinski definition) is 1. The quantitative estimate of drug-likeness (QED) is 0.852. The monoisotopic (exact) mass is 278 g/mol. The summed E-state index contributed by atoms with van der Waals surface area (Å²) in [6, 6.07) is 7.24. The Kier molecular flexibility index (Phi) is 5.17.